The molecular formula is C20H23N5O2. The maximum Gasteiger partial charge on any atom is 0.197 e. The van der Waals surface area contributed by atoms with E-state index in [2.05, 4.69) is 16.0 Å². The highest BCUT2D eigenvalue weighted by Gasteiger charge is 2.49. The average molecular weight is 365 g/mol. The first-order chi connectivity index (χ1) is 13.1. The van der Waals surface area contributed by atoms with Gasteiger partial charge in [-0.3, -0.25) is 5.41 Å². The molecule has 1 aromatic heterocycles. The molecule has 2 heterocycles. The predicted octanol–water partition coefficient (Wildman–Crippen LogP) is 2.69. The van der Waals surface area contributed by atoms with Crippen LogP contribution in [-0.2, 0) is 21.7 Å². The van der Waals surface area contributed by atoms with Gasteiger partial charge in [-0.25, -0.2) is 4.99 Å². The second kappa shape index (κ2) is 8.16. The summed E-state index contributed by atoms with van der Waals surface area (Å²) in [5.41, 5.74) is 7.03. The third-order valence-electron chi connectivity index (χ3n) is 4.81. The third kappa shape index (κ3) is 3.92. The highest BCUT2D eigenvalue weighted by Crippen LogP contribution is 2.43. The maximum atomic E-state index is 9.88. The van der Waals surface area contributed by atoms with Crippen molar-refractivity contribution < 1.29 is 9.47 Å². The second-order valence-corrected chi connectivity index (χ2v) is 6.65. The van der Waals surface area contributed by atoms with Gasteiger partial charge in [0.25, 0.3) is 0 Å². The van der Waals surface area contributed by atoms with Crippen molar-refractivity contribution in [1.82, 2.24) is 4.98 Å². The quantitative estimate of drug-likeness (QED) is 0.516. The summed E-state index contributed by atoms with van der Waals surface area (Å²) in [6.45, 7) is 2.93. The fourth-order valence-corrected chi connectivity index (χ4v) is 3.40. The third-order valence-corrected chi connectivity index (χ3v) is 4.81. The van der Waals surface area contributed by atoms with E-state index in [1.165, 1.54) is 0 Å². The Morgan fingerprint density at radius 2 is 2.22 bits per heavy atom. The molecule has 1 saturated heterocycles. The van der Waals surface area contributed by atoms with Crippen LogP contribution in [0.5, 0.6) is 0 Å². The zero-order chi connectivity index (χ0) is 19.3. The van der Waals surface area contributed by atoms with Crippen molar-refractivity contribution in [2.45, 2.75) is 31.7 Å². The monoisotopic (exact) mass is 365 g/mol. The number of aliphatic imine (C=N–C) groups is 1. The molecule has 0 spiro atoms. The Kier molecular flexibility index (Phi) is 5.69. The highest BCUT2D eigenvalue weighted by molar-refractivity contribution is 5.99. The lowest BCUT2D eigenvalue weighted by molar-refractivity contribution is -0.0591. The minimum atomic E-state index is -1.08. The van der Waals surface area contributed by atoms with Crippen molar-refractivity contribution >= 4 is 12.2 Å². The minimum Gasteiger partial charge on any atom is -0.382 e. The summed E-state index contributed by atoms with van der Waals surface area (Å²) < 4.78 is 11.9. The Morgan fingerprint density at radius 1 is 1.44 bits per heavy atom. The maximum absolute atomic E-state index is 9.88. The van der Waals surface area contributed by atoms with Crippen molar-refractivity contribution in [2.75, 3.05) is 6.61 Å². The average Bonchev–Trinajstić information content (AvgIpc) is 3.28. The number of hydrogen-bond donors (Lipinski definition) is 3. The van der Waals surface area contributed by atoms with E-state index in [1.54, 1.807) is 12.1 Å². The summed E-state index contributed by atoms with van der Waals surface area (Å²) in [7, 11) is 0. The first-order valence-electron chi connectivity index (χ1n) is 8.82. The molecular weight excluding hydrogens is 342 g/mol. The van der Waals surface area contributed by atoms with E-state index in [9.17, 15) is 5.26 Å². The van der Waals surface area contributed by atoms with Gasteiger partial charge in [0.15, 0.2) is 5.60 Å². The fraction of sp³-hybridized carbons (Fsp3) is 0.350. The molecule has 2 aromatic rings. The number of nitrogens with zero attached hydrogens (tertiary/aromatic N) is 2. The molecule has 1 fully saturated rings. The predicted molar refractivity (Wildman–Crippen MR) is 102 cm³/mol. The van der Waals surface area contributed by atoms with Gasteiger partial charge in [-0.2, -0.15) is 5.26 Å². The standard InChI is InChI=1S/C20H23N5O2/c1-14-9-16(11-26-10-15-5-3-2-4-6-15)27-20(14,12-21)18-8-7-17(25-18)19(23)24-13-22/h2-8,13-14,16,25H,9-11H2,1H3,(H3,22,23,24)/t14-,16-,20?/m0/s1. The van der Waals surface area contributed by atoms with Crippen LogP contribution in [0.25, 0.3) is 0 Å². The molecule has 1 aliphatic rings. The lowest BCUT2D eigenvalue weighted by atomic mass is 9.87. The van der Waals surface area contributed by atoms with Gasteiger partial charge in [0.1, 0.15) is 18.2 Å². The van der Waals surface area contributed by atoms with E-state index < -0.39 is 5.60 Å². The number of ether oxygens (including phenoxy) is 2. The van der Waals surface area contributed by atoms with Crippen LogP contribution in [0.15, 0.2) is 47.5 Å². The van der Waals surface area contributed by atoms with Crippen LogP contribution in [-0.4, -0.2) is 29.9 Å². The molecule has 7 heteroatoms. The molecule has 3 rings (SSSR count). The van der Waals surface area contributed by atoms with E-state index in [1.807, 2.05) is 37.3 Å². The summed E-state index contributed by atoms with van der Waals surface area (Å²) in [5.74, 6) is 0.179. The van der Waals surface area contributed by atoms with Gasteiger partial charge in [0.05, 0.1) is 30.7 Å². The molecule has 0 bridgehead atoms. The topological polar surface area (TPSA) is 120 Å². The van der Waals surface area contributed by atoms with E-state index in [0.717, 1.165) is 18.3 Å². The largest absolute Gasteiger partial charge is 0.382 e. The fourth-order valence-electron chi connectivity index (χ4n) is 3.40. The van der Waals surface area contributed by atoms with Crippen LogP contribution in [0.3, 0.4) is 0 Å². The van der Waals surface area contributed by atoms with Gasteiger partial charge >= 0.3 is 0 Å². The summed E-state index contributed by atoms with van der Waals surface area (Å²) >= 11 is 0. The van der Waals surface area contributed by atoms with Crippen LogP contribution < -0.4 is 5.73 Å². The lowest BCUT2D eigenvalue weighted by Crippen LogP contribution is -2.31. The van der Waals surface area contributed by atoms with Gasteiger partial charge in [-0.15, -0.1) is 0 Å². The molecule has 27 heavy (non-hydrogen) atoms. The van der Waals surface area contributed by atoms with E-state index in [0.29, 0.717) is 24.6 Å². The Labute approximate surface area is 158 Å². The first-order valence-corrected chi connectivity index (χ1v) is 8.82. The second-order valence-electron chi connectivity index (χ2n) is 6.65. The molecule has 4 N–H and O–H groups in total. The van der Waals surface area contributed by atoms with Crippen molar-refractivity contribution in [3.63, 3.8) is 0 Å². The van der Waals surface area contributed by atoms with Gasteiger partial charge in [0, 0.05) is 5.92 Å². The van der Waals surface area contributed by atoms with Crippen LogP contribution >= 0.6 is 0 Å². The van der Waals surface area contributed by atoms with Crippen molar-refractivity contribution in [3.05, 3.63) is 59.4 Å². The first kappa shape index (κ1) is 18.8. The Morgan fingerprint density at radius 3 is 2.93 bits per heavy atom. The minimum absolute atomic E-state index is 0.0137. The molecule has 0 saturated carbocycles. The number of aromatic nitrogens is 1. The SMILES string of the molecule is C[C@H]1C[C@@H](COCc2ccccc2)OC1(C#N)c1ccc(C(N)=NC=N)[nH]1. The van der Waals surface area contributed by atoms with Crippen LogP contribution in [0.1, 0.15) is 30.3 Å². The number of H-pyrrole nitrogens is 1. The molecule has 3 atom stereocenters. The van der Waals surface area contributed by atoms with Gasteiger partial charge in [-0.05, 0) is 24.1 Å². The van der Waals surface area contributed by atoms with E-state index >= 15 is 0 Å². The summed E-state index contributed by atoms with van der Waals surface area (Å²) in [4.78, 5) is 6.86. The number of nitrogens with two attached hydrogens (primary N) is 1. The zero-order valence-corrected chi connectivity index (χ0v) is 15.2. The van der Waals surface area contributed by atoms with Crippen LogP contribution in [0.2, 0.25) is 0 Å². The smallest absolute Gasteiger partial charge is 0.197 e. The zero-order valence-electron chi connectivity index (χ0n) is 15.2. The number of aromatic amines is 1. The van der Waals surface area contributed by atoms with Crippen molar-refractivity contribution in [3.8, 4) is 6.07 Å². The van der Waals surface area contributed by atoms with Crippen molar-refractivity contribution in [2.24, 2.45) is 16.6 Å². The van der Waals surface area contributed by atoms with Crippen LogP contribution in [0.4, 0.5) is 0 Å². The van der Waals surface area contributed by atoms with Crippen LogP contribution in [0, 0.1) is 22.7 Å². The number of benzene rings is 1. The van der Waals surface area contributed by atoms with Gasteiger partial charge in [-0.1, -0.05) is 37.3 Å². The summed E-state index contributed by atoms with van der Waals surface area (Å²) in [6, 6.07) is 15.8. The molecule has 140 valence electrons. The van der Waals surface area contributed by atoms with E-state index in [-0.39, 0.29) is 17.9 Å². The van der Waals surface area contributed by atoms with E-state index in [4.69, 9.17) is 20.6 Å². The lowest BCUT2D eigenvalue weighted by Gasteiger charge is -2.24. The van der Waals surface area contributed by atoms with Gasteiger partial charge in [0.2, 0.25) is 0 Å². The highest BCUT2D eigenvalue weighted by atomic mass is 16.6. The number of hydrogen-bond acceptors (Lipinski definition) is 4. The Hall–Kier alpha value is -2.95. The molecule has 1 aliphatic heterocycles. The Balaban J connectivity index is 1.68. The number of nitriles is 1. The number of nitrogens with one attached hydrogen (secondary N) is 2. The van der Waals surface area contributed by atoms with Gasteiger partial charge < -0.3 is 20.2 Å². The molecule has 1 unspecified atom stereocenters. The summed E-state index contributed by atoms with van der Waals surface area (Å²) in [6.07, 6.45) is 1.44. The summed E-state index contributed by atoms with van der Waals surface area (Å²) in [5, 5.41) is 16.9. The van der Waals surface area contributed by atoms with Crippen molar-refractivity contribution in [1.29, 1.82) is 10.7 Å². The number of rotatable bonds is 7. The molecule has 1 aromatic carbocycles. The molecule has 0 aliphatic carbocycles. The molecule has 0 amide bonds. The normalized spacial score (nSPS) is 25.3. The Bertz CT molecular complexity index is 855. The molecule has 7 nitrogen and oxygen atoms in total. The number of amidine groups is 1. The molecule has 0 radical (unpaired) electrons.